The molecule has 1 saturated heterocycles. The van der Waals surface area contributed by atoms with Crippen LogP contribution < -0.4 is 10.1 Å². The molecule has 2 aliphatic heterocycles. The van der Waals surface area contributed by atoms with E-state index in [1.54, 1.807) is 0 Å². The van der Waals surface area contributed by atoms with Gasteiger partial charge in [0.15, 0.2) is 0 Å². The van der Waals surface area contributed by atoms with E-state index < -0.39 is 0 Å². The van der Waals surface area contributed by atoms with Crippen LogP contribution in [0, 0.1) is 0 Å². The van der Waals surface area contributed by atoms with Crippen LogP contribution in [0.3, 0.4) is 0 Å². The summed E-state index contributed by atoms with van der Waals surface area (Å²) in [5, 5.41) is 3.44. The number of ether oxygens (including phenoxy) is 2. The summed E-state index contributed by atoms with van der Waals surface area (Å²) in [6.45, 7) is 8.92. The lowest BCUT2D eigenvalue weighted by atomic mass is 9.81. The summed E-state index contributed by atoms with van der Waals surface area (Å²) in [5.74, 6) is 1.42. The third kappa shape index (κ3) is 1.82. The van der Waals surface area contributed by atoms with Crippen LogP contribution in [-0.2, 0) is 11.3 Å². The fraction of sp³-hybridized carbons (Fsp3) is 0.600. The van der Waals surface area contributed by atoms with Crippen LogP contribution in [0.4, 0.5) is 0 Å². The molecule has 1 unspecified atom stereocenters. The maximum Gasteiger partial charge on any atom is 0.125 e. The summed E-state index contributed by atoms with van der Waals surface area (Å²) >= 11 is 0. The van der Waals surface area contributed by atoms with Crippen molar-refractivity contribution in [2.24, 2.45) is 0 Å². The van der Waals surface area contributed by atoms with E-state index in [1.807, 2.05) is 6.07 Å². The molecule has 0 aliphatic carbocycles. The van der Waals surface area contributed by atoms with E-state index in [-0.39, 0.29) is 11.7 Å². The molecular formula is C15H21NO2. The first kappa shape index (κ1) is 12.0. The van der Waals surface area contributed by atoms with Gasteiger partial charge in [-0.15, -0.1) is 0 Å². The third-order valence-corrected chi connectivity index (χ3v) is 4.02. The molecular weight excluding hydrogens is 226 g/mol. The van der Waals surface area contributed by atoms with Crippen LogP contribution in [0.5, 0.6) is 5.75 Å². The van der Waals surface area contributed by atoms with E-state index in [4.69, 9.17) is 9.47 Å². The van der Waals surface area contributed by atoms with Gasteiger partial charge in [0.2, 0.25) is 0 Å². The van der Waals surface area contributed by atoms with Gasteiger partial charge in [0.05, 0.1) is 18.3 Å². The van der Waals surface area contributed by atoms with Gasteiger partial charge in [0.25, 0.3) is 0 Å². The zero-order valence-electron chi connectivity index (χ0n) is 11.3. The van der Waals surface area contributed by atoms with Crippen molar-refractivity contribution < 1.29 is 9.47 Å². The minimum Gasteiger partial charge on any atom is -0.491 e. The molecule has 3 nitrogen and oxygen atoms in total. The van der Waals surface area contributed by atoms with Gasteiger partial charge in [-0.05, 0) is 32.4 Å². The number of hydrogen-bond donors (Lipinski definition) is 1. The van der Waals surface area contributed by atoms with Crippen molar-refractivity contribution in [3.05, 3.63) is 29.3 Å². The highest BCUT2D eigenvalue weighted by Crippen LogP contribution is 2.43. The number of hydrogen-bond acceptors (Lipinski definition) is 3. The molecule has 1 N–H and O–H groups in total. The fourth-order valence-corrected chi connectivity index (χ4v) is 3.06. The maximum atomic E-state index is 6.10. The minimum atomic E-state index is -0.0521. The monoisotopic (exact) mass is 247 g/mol. The second-order valence-corrected chi connectivity index (χ2v) is 5.78. The van der Waals surface area contributed by atoms with E-state index in [2.05, 4.69) is 38.2 Å². The van der Waals surface area contributed by atoms with Crippen LogP contribution in [-0.4, -0.2) is 24.8 Å². The predicted octanol–water partition coefficient (Wildman–Crippen LogP) is 2.45. The van der Waals surface area contributed by atoms with Crippen molar-refractivity contribution in [3.8, 4) is 5.75 Å². The van der Waals surface area contributed by atoms with Crippen molar-refractivity contribution in [2.45, 2.75) is 45.0 Å². The van der Waals surface area contributed by atoms with Gasteiger partial charge >= 0.3 is 0 Å². The molecule has 1 aromatic carbocycles. The van der Waals surface area contributed by atoms with E-state index in [0.29, 0.717) is 12.5 Å². The van der Waals surface area contributed by atoms with Crippen LogP contribution in [0.15, 0.2) is 18.2 Å². The largest absolute Gasteiger partial charge is 0.491 e. The highest BCUT2D eigenvalue weighted by molar-refractivity contribution is 5.45. The zero-order valence-corrected chi connectivity index (χ0v) is 11.3. The molecule has 18 heavy (non-hydrogen) atoms. The minimum absolute atomic E-state index is 0.0521. The molecule has 0 spiro atoms. The van der Waals surface area contributed by atoms with Gasteiger partial charge < -0.3 is 14.8 Å². The lowest BCUT2D eigenvalue weighted by Crippen LogP contribution is -2.39. The Kier molecular flexibility index (Phi) is 2.83. The Morgan fingerprint density at radius 2 is 2.28 bits per heavy atom. The van der Waals surface area contributed by atoms with Gasteiger partial charge in [-0.1, -0.05) is 12.1 Å². The second kappa shape index (κ2) is 4.25. The Morgan fingerprint density at radius 1 is 1.44 bits per heavy atom. The van der Waals surface area contributed by atoms with E-state index >= 15 is 0 Å². The molecule has 0 radical (unpaired) electrons. The Labute approximate surface area is 108 Å². The lowest BCUT2D eigenvalue weighted by molar-refractivity contribution is -0.0529. The molecule has 1 aromatic rings. The topological polar surface area (TPSA) is 30.5 Å². The predicted molar refractivity (Wildman–Crippen MR) is 71.0 cm³/mol. The molecule has 3 heteroatoms. The summed E-state index contributed by atoms with van der Waals surface area (Å²) < 4.78 is 12.0. The van der Waals surface area contributed by atoms with E-state index in [0.717, 1.165) is 18.8 Å². The summed E-state index contributed by atoms with van der Waals surface area (Å²) in [4.78, 5) is 0. The maximum absolute atomic E-state index is 6.10. The first-order chi connectivity index (χ1) is 8.60. The molecule has 2 aliphatic rings. The standard InChI is InChI=1S/C15H21NO2/c1-10(2)18-14-6-4-5-11-12(14)8-17-15(3)9-16-7-13(11)15/h4-6,10,13,16H,7-9H2,1-3H3/t13-,15?/m1/s1. The normalized spacial score (nSPS) is 30.1. The average Bonchev–Trinajstić information content (AvgIpc) is 2.70. The molecule has 2 atom stereocenters. The van der Waals surface area contributed by atoms with Gasteiger partial charge in [-0.3, -0.25) is 0 Å². The van der Waals surface area contributed by atoms with Crippen molar-refractivity contribution >= 4 is 0 Å². The lowest BCUT2D eigenvalue weighted by Gasteiger charge is -2.37. The molecule has 98 valence electrons. The molecule has 0 aromatic heterocycles. The van der Waals surface area contributed by atoms with Gasteiger partial charge in [0.1, 0.15) is 5.75 Å². The first-order valence-corrected chi connectivity index (χ1v) is 6.73. The summed E-state index contributed by atoms with van der Waals surface area (Å²) in [6, 6.07) is 6.37. The SMILES string of the molecule is CC(C)Oc1cccc2c1COC1(C)CNC[C@H]21. The van der Waals surface area contributed by atoms with Gasteiger partial charge in [-0.2, -0.15) is 0 Å². The highest BCUT2D eigenvalue weighted by Gasteiger charge is 2.45. The quantitative estimate of drug-likeness (QED) is 0.870. The van der Waals surface area contributed by atoms with Crippen LogP contribution in [0.2, 0.25) is 0 Å². The summed E-state index contributed by atoms with van der Waals surface area (Å²) in [5.41, 5.74) is 2.58. The fourth-order valence-electron chi connectivity index (χ4n) is 3.06. The third-order valence-electron chi connectivity index (χ3n) is 4.02. The number of nitrogens with one attached hydrogen (secondary N) is 1. The second-order valence-electron chi connectivity index (χ2n) is 5.78. The Morgan fingerprint density at radius 3 is 3.06 bits per heavy atom. The Hall–Kier alpha value is -1.06. The molecule has 3 rings (SSSR count). The van der Waals surface area contributed by atoms with Gasteiger partial charge in [-0.25, -0.2) is 0 Å². The smallest absolute Gasteiger partial charge is 0.125 e. The zero-order chi connectivity index (χ0) is 12.8. The highest BCUT2D eigenvalue weighted by atomic mass is 16.5. The molecule has 1 fully saturated rings. The van der Waals surface area contributed by atoms with Crippen molar-refractivity contribution in [3.63, 3.8) is 0 Å². The van der Waals surface area contributed by atoms with Crippen molar-refractivity contribution in [1.82, 2.24) is 5.32 Å². The van der Waals surface area contributed by atoms with E-state index in [1.165, 1.54) is 11.1 Å². The van der Waals surface area contributed by atoms with Crippen LogP contribution in [0.1, 0.15) is 37.8 Å². The van der Waals surface area contributed by atoms with Gasteiger partial charge in [0, 0.05) is 24.6 Å². The molecule has 2 heterocycles. The van der Waals surface area contributed by atoms with Crippen molar-refractivity contribution in [1.29, 1.82) is 0 Å². The molecule has 0 bridgehead atoms. The van der Waals surface area contributed by atoms with Crippen molar-refractivity contribution in [2.75, 3.05) is 13.1 Å². The molecule has 0 amide bonds. The number of fused-ring (bicyclic) bond motifs is 3. The number of rotatable bonds is 2. The van der Waals surface area contributed by atoms with Crippen LogP contribution >= 0.6 is 0 Å². The Bertz CT molecular complexity index is 458. The average molecular weight is 247 g/mol. The number of benzene rings is 1. The Balaban J connectivity index is 2.01. The summed E-state index contributed by atoms with van der Waals surface area (Å²) in [6.07, 6.45) is 0.200. The summed E-state index contributed by atoms with van der Waals surface area (Å²) in [7, 11) is 0. The van der Waals surface area contributed by atoms with Crippen LogP contribution in [0.25, 0.3) is 0 Å². The molecule has 0 saturated carbocycles. The van der Waals surface area contributed by atoms with E-state index in [9.17, 15) is 0 Å². The first-order valence-electron chi connectivity index (χ1n) is 6.73.